The molecule has 0 spiro atoms. The largest absolute Gasteiger partial charge is 0.467 e. The summed E-state index contributed by atoms with van der Waals surface area (Å²) in [5.41, 5.74) is 0.804. The van der Waals surface area contributed by atoms with Gasteiger partial charge in [0.1, 0.15) is 5.76 Å². The van der Waals surface area contributed by atoms with Crippen LogP contribution in [0.4, 0.5) is 5.69 Å². The van der Waals surface area contributed by atoms with Crippen molar-refractivity contribution in [3.8, 4) is 0 Å². The number of nitrogens with one attached hydrogen (secondary N) is 1. The van der Waals surface area contributed by atoms with Gasteiger partial charge in [-0.15, -0.1) is 0 Å². The van der Waals surface area contributed by atoms with Gasteiger partial charge in [0.2, 0.25) is 0 Å². The van der Waals surface area contributed by atoms with Gasteiger partial charge in [0, 0.05) is 5.02 Å². The van der Waals surface area contributed by atoms with Gasteiger partial charge in [0.15, 0.2) is 0 Å². The van der Waals surface area contributed by atoms with Gasteiger partial charge in [0.25, 0.3) is 0 Å². The molecule has 1 atom stereocenters. The Labute approximate surface area is 104 Å². The van der Waals surface area contributed by atoms with Crippen molar-refractivity contribution in [1.82, 2.24) is 0 Å². The first-order valence-electron chi connectivity index (χ1n) is 4.92. The molecule has 1 heterocycles. The molecule has 0 aliphatic rings. The normalized spacial score (nSPS) is 12.4. The summed E-state index contributed by atoms with van der Waals surface area (Å²) in [4.78, 5) is 0. The molecule has 1 aromatic heterocycles. The fourth-order valence-electron chi connectivity index (χ4n) is 1.45. The van der Waals surface area contributed by atoms with E-state index >= 15 is 0 Å². The zero-order valence-electron chi connectivity index (χ0n) is 8.71. The molecule has 0 aliphatic carbocycles. The summed E-state index contributed by atoms with van der Waals surface area (Å²) in [6.45, 7) is 2.00. The zero-order valence-corrected chi connectivity index (χ0v) is 10.2. The van der Waals surface area contributed by atoms with Gasteiger partial charge in [0.05, 0.1) is 23.0 Å². The van der Waals surface area contributed by atoms with Crippen molar-refractivity contribution in [2.24, 2.45) is 0 Å². The molecule has 2 aromatic rings. The summed E-state index contributed by atoms with van der Waals surface area (Å²) in [7, 11) is 0. The highest BCUT2D eigenvalue weighted by atomic mass is 35.5. The van der Waals surface area contributed by atoms with Crippen LogP contribution < -0.4 is 5.32 Å². The van der Waals surface area contributed by atoms with Crippen LogP contribution in [0.15, 0.2) is 41.0 Å². The third-order valence-electron chi connectivity index (χ3n) is 2.27. The topological polar surface area (TPSA) is 25.2 Å². The molecule has 0 saturated heterocycles. The van der Waals surface area contributed by atoms with Crippen LogP contribution in [0.1, 0.15) is 18.7 Å². The maximum Gasteiger partial charge on any atom is 0.125 e. The summed E-state index contributed by atoms with van der Waals surface area (Å²) in [6.07, 6.45) is 1.65. The van der Waals surface area contributed by atoms with Gasteiger partial charge in [-0.1, -0.05) is 23.2 Å². The average molecular weight is 256 g/mol. The number of halogens is 2. The van der Waals surface area contributed by atoms with Gasteiger partial charge < -0.3 is 9.73 Å². The molecule has 1 unspecified atom stereocenters. The Morgan fingerprint density at radius 1 is 1.25 bits per heavy atom. The predicted molar refractivity (Wildman–Crippen MR) is 67.2 cm³/mol. The molecular formula is C12H11Cl2NO. The summed E-state index contributed by atoms with van der Waals surface area (Å²) < 4.78 is 5.30. The second-order valence-electron chi connectivity index (χ2n) is 3.51. The Morgan fingerprint density at radius 3 is 2.75 bits per heavy atom. The molecule has 1 aromatic carbocycles. The Morgan fingerprint density at radius 2 is 2.06 bits per heavy atom. The van der Waals surface area contributed by atoms with Crippen molar-refractivity contribution in [1.29, 1.82) is 0 Å². The lowest BCUT2D eigenvalue weighted by Crippen LogP contribution is -2.05. The molecule has 2 rings (SSSR count). The lowest BCUT2D eigenvalue weighted by atomic mass is 10.2. The highest BCUT2D eigenvalue weighted by Crippen LogP contribution is 2.28. The molecule has 16 heavy (non-hydrogen) atoms. The van der Waals surface area contributed by atoms with Crippen LogP contribution >= 0.6 is 23.2 Å². The van der Waals surface area contributed by atoms with E-state index in [4.69, 9.17) is 27.6 Å². The third-order valence-corrected chi connectivity index (χ3v) is 2.84. The molecule has 2 nitrogen and oxygen atoms in total. The third kappa shape index (κ3) is 2.52. The zero-order chi connectivity index (χ0) is 11.5. The van der Waals surface area contributed by atoms with Crippen LogP contribution in [0.2, 0.25) is 10.0 Å². The maximum absolute atomic E-state index is 6.05. The number of anilines is 1. The molecule has 0 amide bonds. The van der Waals surface area contributed by atoms with Crippen molar-refractivity contribution in [3.05, 3.63) is 52.4 Å². The molecule has 0 saturated carbocycles. The smallest absolute Gasteiger partial charge is 0.125 e. The fraction of sp³-hybridized carbons (Fsp3) is 0.167. The fourth-order valence-corrected chi connectivity index (χ4v) is 1.79. The van der Waals surface area contributed by atoms with E-state index in [1.54, 1.807) is 24.5 Å². The quantitative estimate of drug-likeness (QED) is 0.856. The van der Waals surface area contributed by atoms with Crippen molar-refractivity contribution in [3.63, 3.8) is 0 Å². The van der Waals surface area contributed by atoms with E-state index in [1.165, 1.54) is 0 Å². The van der Waals surface area contributed by atoms with E-state index in [0.29, 0.717) is 10.0 Å². The Kier molecular flexibility index (Phi) is 3.42. The SMILES string of the molecule is CC(Nc1cc(Cl)ccc1Cl)c1ccco1. The first-order valence-corrected chi connectivity index (χ1v) is 5.67. The van der Waals surface area contributed by atoms with Crippen molar-refractivity contribution in [2.45, 2.75) is 13.0 Å². The molecule has 0 radical (unpaired) electrons. The minimum atomic E-state index is 0.0472. The van der Waals surface area contributed by atoms with Gasteiger partial charge in [-0.2, -0.15) is 0 Å². The number of furan rings is 1. The summed E-state index contributed by atoms with van der Waals surface area (Å²) in [5, 5.41) is 4.54. The molecule has 0 bridgehead atoms. The van der Waals surface area contributed by atoms with E-state index in [2.05, 4.69) is 5.32 Å². The number of benzene rings is 1. The average Bonchev–Trinajstić information content (AvgIpc) is 2.76. The number of hydrogen-bond acceptors (Lipinski definition) is 2. The van der Waals surface area contributed by atoms with E-state index in [0.717, 1.165) is 11.4 Å². The van der Waals surface area contributed by atoms with E-state index in [1.807, 2.05) is 19.1 Å². The second kappa shape index (κ2) is 4.81. The molecule has 4 heteroatoms. The maximum atomic E-state index is 6.05. The first kappa shape index (κ1) is 11.4. The van der Waals surface area contributed by atoms with E-state index in [9.17, 15) is 0 Å². The number of hydrogen-bond donors (Lipinski definition) is 1. The molecule has 0 fully saturated rings. The molecule has 1 N–H and O–H groups in total. The van der Waals surface area contributed by atoms with Crippen LogP contribution in [0, 0.1) is 0 Å². The number of rotatable bonds is 3. The van der Waals surface area contributed by atoms with Crippen molar-refractivity contribution < 1.29 is 4.42 Å². The van der Waals surface area contributed by atoms with E-state index < -0.39 is 0 Å². The Balaban J connectivity index is 2.17. The minimum absolute atomic E-state index is 0.0472. The van der Waals surface area contributed by atoms with Gasteiger partial charge in [-0.3, -0.25) is 0 Å². The summed E-state index contributed by atoms with van der Waals surface area (Å²) in [6, 6.07) is 9.13. The van der Waals surface area contributed by atoms with Crippen molar-refractivity contribution in [2.75, 3.05) is 5.32 Å². The molecule has 84 valence electrons. The first-order chi connectivity index (χ1) is 7.66. The van der Waals surface area contributed by atoms with Crippen molar-refractivity contribution >= 4 is 28.9 Å². The highest BCUT2D eigenvalue weighted by Gasteiger charge is 2.10. The van der Waals surface area contributed by atoms with Crippen LogP contribution in [0.5, 0.6) is 0 Å². The Hall–Kier alpha value is -1.12. The lowest BCUT2D eigenvalue weighted by Gasteiger charge is -2.14. The van der Waals surface area contributed by atoms with Crippen LogP contribution in [0.25, 0.3) is 0 Å². The van der Waals surface area contributed by atoms with Crippen LogP contribution in [0.3, 0.4) is 0 Å². The molecule has 0 aliphatic heterocycles. The van der Waals surface area contributed by atoms with Gasteiger partial charge in [-0.25, -0.2) is 0 Å². The second-order valence-corrected chi connectivity index (χ2v) is 4.35. The van der Waals surface area contributed by atoms with Gasteiger partial charge >= 0.3 is 0 Å². The molecular weight excluding hydrogens is 245 g/mol. The monoisotopic (exact) mass is 255 g/mol. The summed E-state index contributed by atoms with van der Waals surface area (Å²) in [5.74, 6) is 0.857. The minimum Gasteiger partial charge on any atom is -0.467 e. The van der Waals surface area contributed by atoms with Gasteiger partial charge in [-0.05, 0) is 37.3 Å². The Bertz CT molecular complexity index is 468. The van der Waals surface area contributed by atoms with Crippen LogP contribution in [-0.4, -0.2) is 0 Å². The predicted octanol–water partition coefficient (Wildman–Crippen LogP) is 4.76. The highest BCUT2D eigenvalue weighted by molar-refractivity contribution is 6.35. The standard InChI is InChI=1S/C12H11Cl2NO/c1-8(12-3-2-6-16-12)15-11-7-9(13)4-5-10(11)14/h2-8,15H,1H3. The summed E-state index contributed by atoms with van der Waals surface area (Å²) >= 11 is 12.0. The lowest BCUT2D eigenvalue weighted by molar-refractivity contribution is 0.490. The van der Waals surface area contributed by atoms with Crippen LogP contribution in [-0.2, 0) is 0 Å². The van der Waals surface area contributed by atoms with E-state index in [-0.39, 0.29) is 6.04 Å².